The fourth-order valence-corrected chi connectivity index (χ4v) is 1.84. The van der Waals surface area contributed by atoms with Crippen LogP contribution in [0.5, 0.6) is 0 Å². The number of non-ortho nitro benzene ring substituents is 1. The lowest BCUT2D eigenvalue weighted by Gasteiger charge is -2.18. The molecule has 0 saturated carbocycles. The third-order valence-electron chi connectivity index (χ3n) is 2.96. The Balaban J connectivity index is 2.52. The summed E-state index contributed by atoms with van der Waals surface area (Å²) in [5.74, 6) is -0.135. The predicted molar refractivity (Wildman–Crippen MR) is 81.7 cm³/mol. The van der Waals surface area contributed by atoms with Gasteiger partial charge in [0.05, 0.1) is 4.92 Å². The fraction of sp³-hybridized carbons (Fsp3) is 0.267. The number of allylic oxidation sites excluding steroid dienone is 1. The largest absolute Gasteiger partial charge is 0.292 e. The van der Waals surface area contributed by atoms with Gasteiger partial charge in [0.25, 0.3) is 5.69 Å². The molecule has 0 N–H and O–H groups in total. The van der Waals surface area contributed by atoms with E-state index < -0.39 is 10.3 Å². The third kappa shape index (κ3) is 3.43. The van der Waals surface area contributed by atoms with Crippen LogP contribution in [0.25, 0.3) is 11.8 Å². The Bertz CT molecular complexity index is 727. The average Bonchev–Trinajstić information content (AvgIpc) is 2.97. The Morgan fingerprint density at radius 2 is 2.09 bits per heavy atom. The Hall–Kier alpha value is -2.83. The molecule has 0 aliphatic heterocycles. The van der Waals surface area contributed by atoms with Crippen LogP contribution >= 0.6 is 0 Å². The second-order valence-electron chi connectivity index (χ2n) is 5.80. The third-order valence-corrected chi connectivity index (χ3v) is 2.96. The predicted octanol–water partition coefficient (Wildman–Crippen LogP) is 2.80. The fourth-order valence-electron chi connectivity index (χ4n) is 1.84. The Labute approximate surface area is 127 Å². The van der Waals surface area contributed by atoms with Gasteiger partial charge >= 0.3 is 0 Å². The summed E-state index contributed by atoms with van der Waals surface area (Å²) >= 11 is 0. The average molecular weight is 300 g/mol. The normalized spacial score (nSPS) is 12.2. The van der Waals surface area contributed by atoms with Gasteiger partial charge in [-0.2, -0.15) is 5.10 Å². The molecule has 0 fully saturated rings. The minimum atomic E-state index is -0.613. The molecule has 2 aromatic rings. The van der Waals surface area contributed by atoms with Gasteiger partial charge in [-0.05, 0) is 11.6 Å². The Morgan fingerprint density at radius 3 is 2.64 bits per heavy atom. The molecule has 1 heterocycles. The summed E-state index contributed by atoms with van der Waals surface area (Å²) in [7, 11) is 0. The van der Waals surface area contributed by atoms with Crippen molar-refractivity contribution in [3.63, 3.8) is 0 Å². The van der Waals surface area contributed by atoms with Crippen molar-refractivity contribution in [3.8, 4) is 0 Å². The number of nitro groups is 1. The number of hydrogen-bond donors (Lipinski definition) is 0. The van der Waals surface area contributed by atoms with Crippen LogP contribution in [0.2, 0.25) is 0 Å². The van der Waals surface area contributed by atoms with E-state index in [0.717, 1.165) is 0 Å². The quantitative estimate of drug-likeness (QED) is 0.492. The number of Topliss-reactive ketones (excluding diaryl/α,β-unsaturated/α-hetero) is 1. The number of aromatic nitrogens is 3. The second kappa shape index (κ2) is 5.88. The minimum Gasteiger partial charge on any atom is -0.292 e. The summed E-state index contributed by atoms with van der Waals surface area (Å²) in [4.78, 5) is 26.8. The van der Waals surface area contributed by atoms with E-state index in [1.807, 2.05) is 0 Å². The lowest BCUT2D eigenvalue weighted by atomic mass is 9.88. The topological polar surface area (TPSA) is 90.9 Å². The van der Waals surface area contributed by atoms with Crippen LogP contribution < -0.4 is 0 Å². The van der Waals surface area contributed by atoms with E-state index in [0.29, 0.717) is 11.3 Å². The number of rotatable bonds is 4. The van der Waals surface area contributed by atoms with Crippen molar-refractivity contribution in [3.05, 3.63) is 52.6 Å². The lowest BCUT2D eigenvalue weighted by Crippen LogP contribution is -2.24. The van der Waals surface area contributed by atoms with Crippen molar-refractivity contribution in [2.24, 2.45) is 5.41 Å². The van der Waals surface area contributed by atoms with Crippen molar-refractivity contribution in [1.29, 1.82) is 0 Å². The highest BCUT2D eigenvalue weighted by Gasteiger charge is 2.26. The highest BCUT2D eigenvalue weighted by atomic mass is 16.6. The van der Waals surface area contributed by atoms with Crippen LogP contribution in [0.15, 0.2) is 36.9 Å². The molecule has 114 valence electrons. The Kier molecular flexibility index (Phi) is 4.16. The zero-order chi connectivity index (χ0) is 16.3. The molecule has 7 nitrogen and oxygen atoms in total. The van der Waals surface area contributed by atoms with E-state index in [1.54, 1.807) is 39.0 Å². The van der Waals surface area contributed by atoms with E-state index in [4.69, 9.17) is 0 Å². The van der Waals surface area contributed by atoms with Gasteiger partial charge in [-0.3, -0.25) is 14.9 Å². The number of nitrogens with zero attached hydrogens (tertiary/aromatic N) is 4. The van der Waals surface area contributed by atoms with Gasteiger partial charge in [-0.15, -0.1) is 0 Å². The summed E-state index contributed by atoms with van der Waals surface area (Å²) in [5, 5.41) is 14.8. The molecule has 0 saturated heterocycles. The van der Waals surface area contributed by atoms with Crippen molar-refractivity contribution in [2.45, 2.75) is 20.8 Å². The van der Waals surface area contributed by atoms with Gasteiger partial charge in [0.15, 0.2) is 5.78 Å². The van der Waals surface area contributed by atoms with Gasteiger partial charge in [-0.1, -0.05) is 32.9 Å². The van der Waals surface area contributed by atoms with E-state index in [2.05, 4.69) is 10.1 Å². The summed E-state index contributed by atoms with van der Waals surface area (Å²) < 4.78 is 1.37. The summed E-state index contributed by atoms with van der Waals surface area (Å²) in [6.07, 6.45) is 4.33. The molecule has 0 amide bonds. The van der Waals surface area contributed by atoms with Crippen LogP contribution in [0.3, 0.4) is 0 Å². The smallest absolute Gasteiger partial charge is 0.270 e. The number of carbonyl (C=O) groups is 1. The maximum atomic E-state index is 12.6. The van der Waals surface area contributed by atoms with E-state index in [-0.39, 0.29) is 11.5 Å². The number of carbonyl (C=O) groups excluding carboxylic acids is 1. The molecule has 0 aliphatic rings. The van der Waals surface area contributed by atoms with Crippen LogP contribution in [-0.4, -0.2) is 25.5 Å². The zero-order valence-electron chi connectivity index (χ0n) is 12.6. The van der Waals surface area contributed by atoms with Crippen molar-refractivity contribution in [1.82, 2.24) is 14.8 Å². The molecule has 0 radical (unpaired) electrons. The Morgan fingerprint density at radius 1 is 1.36 bits per heavy atom. The summed E-state index contributed by atoms with van der Waals surface area (Å²) in [5.41, 5.74) is 0.219. The highest BCUT2D eigenvalue weighted by molar-refractivity contribution is 6.21. The molecule has 0 bridgehead atoms. The maximum absolute atomic E-state index is 12.6. The molecule has 1 aromatic heterocycles. The van der Waals surface area contributed by atoms with Gasteiger partial charge in [0.1, 0.15) is 18.4 Å². The second-order valence-corrected chi connectivity index (χ2v) is 5.80. The van der Waals surface area contributed by atoms with Crippen molar-refractivity contribution < 1.29 is 9.72 Å². The van der Waals surface area contributed by atoms with Gasteiger partial charge in [0.2, 0.25) is 0 Å². The molecular weight excluding hydrogens is 284 g/mol. The molecule has 2 rings (SSSR count). The molecule has 0 aliphatic carbocycles. The molecule has 0 unspecified atom stereocenters. The number of hydrogen-bond acceptors (Lipinski definition) is 5. The first-order valence-electron chi connectivity index (χ1n) is 6.65. The number of ketones is 1. The molecular formula is C15H16N4O3. The SMILES string of the molecule is CC(C)(C)C(=O)C(=Cc1cccc([N+](=O)[O-])c1)n1cncn1. The van der Waals surface area contributed by atoms with Crippen molar-refractivity contribution >= 4 is 23.2 Å². The first-order chi connectivity index (χ1) is 10.3. The zero-order valence-corrected chi connectivity index (χ0v) is 12.6. The van der Waals surface area contributed by atoms with E-state index >= 15 is 0 Å². The summed E-state index contributed by atoms with van der Waals surface area (Å²) in [6.45, 7) is 5.40. The minimum absolute atomic E-state index is 0.0325. The summed E-state index contributed by atoms with van der Waals surface area (Å²) in [6, 6.07) is 6.08. The van der Waals surface area contributed by atoms with Crippen LogP contribution in [0.1, 0.15) is 26.3 Å². The van der Waals surface area contributed by atoms with Crippen molar-refractivity contribution in [2.75, 3.05) is 0 Å². The monoisotopic (exact) mass is 300 g/mol. The first-order valence-corrected chi connectivity index (χ1v) is 6.65. The van der Waals surface area contributed by atoms with Crippen LogP contribution in [0.4, 0.5) is 5.69 Å². The highest BCUT2D eigenvalue weighted by Crippen LogP contribution is 2.25. The molecule has 7 heteroatoms. The number of benzene rings is 1. The van der Waals surface area contributed by atoms with E-state index in [1.165, 1.54) is 29.5 Å². The molecule has 0 atom stereocenters. The van der Waals surface area contributed by atoms with Gasteiger partial charge < -0.3 is 0 Å². The van der Waals surface area contributed by atoms with Crippen LogP contribution in [-0.2, 0) is 4.79 Å². The maximum Gasteiger partial charge on any atom is 0.270 e. The molecule has 22 heavy (non-hydrogen) atoms. The lowest BCUT2D eigenvalue weighted by molar-refractivity contribution is -0.384. The number of nitro benzene ring substituents is 1. The standard InChI is InChI=1S/C15H16N4O3/c1-15(2,3)14(20)13(18-10-16-9-17-18)8-11-5-4-6-12(7-11)19(21)22/h4-10H,1-3H3. The van der Waals surface area contributed by atoms with Gasteiger partial charge in [-0.25, -0.2) is 9.67 Å². The van der Waals surface area contributed by atoms with Crippen LogP contribution in [0, 0.1) is 15.5 Å². The molecule has 0 spiro atoms. The molecule has 1 aromatic carbocycles. The van der Waals surface area contributed by atoms with E-state index in [9.17, 15) is 14.9 Å². The first kappa shape index (κ1) is 15.6. The van der Waals surface area contributed by atoms with Gasteiger partial charge in [0, 0.05) is 17.5 Å².